The molecular formula is C15H14IN3O3. The molecule has 2 rings (SSSR count). The first-order valence-corrected chi connectivity index (χ1v) is 7.58. The molecule has 114 valence electrons. The molecule has 2 aromatic carbocycles. The van der Waals surface area contributed by atoms with Gasteiger partial charge in [0.1, 0.15) is 0 Å². The van der Waals surface area contributed by atoms with E-state index in [2.05, 4.69) is 33.2 Å². The highest BCUT2D eigenvalue weighted by Crippen LogP contribution is 2.21. The van der Waals surface area contributed by atoms with Crippen LogP contribution < -0.4 is 10.6 Å². The number of halogens is 1. The molecule has 0 aromatic heterocycles. The maximum absolute atomic E-state index is 11.9. The lowest BCUT2D eigenvalue weighted by molar-refractivity contribution is -0.384. The summed E-state index contributed by atoms with van der Waals surface area (Å²) in [6, 6.07) is 12.0. The van der Waals surface area contributed by atoms with Crippen molar-refractivity contribution in [1.82, 2.24) is 0 Å². The van der Waals surface area contributed by atoms with Crippen LogP contribution in [0.25, 0.3) is 0 Å². The number of non-ortho nitro benzene ring substituents is 1. The Bertz CT molecular complexity index is 702. The molecule has 0 heterocycles. The number of hydrogen-bond acceptors (Lipinski definition) is 4. The lowest BCUT2D eigenvalue weighted by atomic mass is 10.2. The summed E-state index contributed by atoms with van der Waals surface area (Å²) in [5, 5.41) is 16.4. The zero-order valence-electron chi connectivity index (χ0n) is 11.8. The summed E-state index contributed by atoms with van der Waals surface area (Å²) in [7, 11) is 0. The molecule has 0 saturated carbocycles. The minimum absolute atomic E-state index is 0.0495. The Balaban J connectivity index is 1.98. The number of benzene rings is 2. The fourth-order valence-electron chi connectivity index (χ4n) is 1.80. The fraction of sp³-hybridized carbons (Fsp3) is 0.133. The topological polar surface area (TPSA) is 84.3 Å². The van der Waals surface area contributed by atoms with Gasteiger partial charge < -0.3 is 10.6 Å². The lowest BCUT2D eigenvalue weighted by Gasteiger charge is -2.10. The monoisotopic (exact) mass is 411 g/mol. The summed E-state index contributed by atoms with van der Waals surface area (Å²) < 4.78 is 1.11. The predicted molar refractivity (Wildman–Crippen MR) is 94.1 cm³/mol. The average molecular weight is 411 g/mol. The predicted octanol–water partition coefficient (Wildman–Crippen LogP) is 3.56. The van der Waals surface area contributed by atoms with Gasteiger partial charge in [-0.2, -0.15) is 0 Å². The van der Waals surface area contributed by atoms with Gasteiger partial charge in [-0.1, -0.05) is 6.07 Å². The molecule has 0 aliphatic carbocycles. The second-order valence-corrected chi connectivity index (χ2v) is 5.91. The number of amides is 1. The first-order chi connectivity index (χ1) is 10.5. The third-order valence-electron chi connectivity index (χ3n) is 3.00. The number of nitro benzene ring substituents is 1. The van der Waals surface area contributed by atoms with Crippen LogP contribution in [0.4, 0.5) is 17.1 Å². The second-order valence-electron chi connectivity index (χ2n) is 4.66. The highest BCUT2D eigenvalue weighted by Gasteiger charge is 2.10. The van der Waals surface area contributed by atoms with Crippen molar-refractivity contribution in [1.29, 1.82) is 0 Å². The van der Waals surface area contributed by atoms with Crippen LogP contribution in [0.2, 0.25) is 0 Å². The van der Waals surface area contributed by atoms with Gasteiger partial charge in [-0.25, -0.2) is 0 Å². The van der Waals surface area contributed by atoms with Crippen LogP contribution in [0.1, 0.15) is 5.56 Å². The van der Waals surface area contributed by atoms with Crippen molar-refractivity contribution in [3.8, 4) is 0 Å². The van der Waals surface area contributed by atoms with Crippen molar-refractivity contribution < 1.29 is 9.72 Å². The molecule has 0 atom stereocenters. The number of aryl methyl sites for hydroxylation is 1. The highest BCUT2D eigenvalue weighted by molar-refractivity contribution is 14.1. The summed E-state index contributed by atoms with van der Waals surface area (Å²) in [6.45, 7) is 1.87. The van der Waals surface area contributed by atoms with E-state index < -0.39 is 4.92 Å². The minimum Gasteiger partial charge on any atom is -0.376 e. The molecule has 6 nitrogen and oxygen atoms in total. The number of rotatable bonds is 5. The molecule has 0 aliphatic heterocycles. The van der Waals surface area contributed by atoms with Gasteiger partial charge in [0.25, 0.3) is 5.69 Å². The van der Waals surface area contributed by atoms with Crippen molar-refractivity contribution >= 4 is 45.6 Å². The Morgan fingerprint density at radius 1 is 1.23 bits per heavy atom. The molecule has 0 saturated heterocycles. The van der Waals surface area contributed by atoms with E-state index in [9.17, 15) is 14.9 Å². The van der Waals surface area contributed by atoms with Crippen LogP contribution >= 0.6 is 22.6 Å². The minimum atomic E-state index is -0.487. The van der Waals surface area contributed by atoms with E-state index in [1.165, 1.54) is 12.1 Å². The normalized spacial score (nSPS) is 10.1. The number of carbonyl (C=O) groups excluding carboxylic acids is 1. The summed E-state index contributed by atoms with van der Waals surface area (Å²) >= 11 is 2.20. The van der Waals surface area contributed by atoms with Crippen LogP contribution in [0, 0.1) is 20.6 Å². The second kappa shape index (κ2) is 7.21. The van der Waals surface area contributed by atoms with Crippen molar-refractivity contribution in [3.05, 3.63) is 61.7 Å². The molecule has 0 aliphatic rings. The van der Waals surface area contributed by atoms with Crippen LogP contribution in [0.3, 0.4) is 0 Å². The zero-order chi connectivity index (χ0) is 16.1. The molecular weight excluding hydrogens is 397 g/mol. The third-order valence-corrected chi connectivity index (χ3v) is 3.72. The Kier molecular flexibility index (Phi) is 5.31. The van der Waals surface area contributed by atoms with Crippen LogP contribution in [-0.4, -0.2) is 17.4 Å². The van der Waals surface area contributed by atoms with Crippen molar-refractivity contribution in [2.45, 2.75) is 6.92 Å². The molecule has 7 heteroatoms. The maximum Gasteiger partial charge on any atom is 0.271 e. The number of carbonyl (C=O) groups is 1. The van der Waals surface area contributed by atoms with Crippen LogP contribution in [0.5, 0.6) is 0 Å². The Hall–Kier alpha value is -2.16. The van der Waals surface area contributed by atoms with Crippen molar-refractivity contribution in [2.24, 2.45) is 0 Å². The number of nitro groups is 1. The molecule has 0 radical (unpaired) electrons. The summed E-state index contributed by atoms with van der Waals surface area (Å²) in [6.07, 6.45) is 0. The Morgan fingerprint density at radius 2 is 1.91 bits per heavy atom. The van der Waals surface area contributed by atoms with Gasteiger partial charge in [0.15, 0.2) is 0 Å². The lowest BCUT2D eigenvalue weighted by Crippen LogP contribution is -2.22. The van der Waals surface area contributed by atoms with Gasteiger partial charge in [-0.3, -0.25) is 14.9 Å². The molecule has 0 fully saturated rings. The quantitative estimate of drug-likeness (QED) is 0.448. The Morgan fingerprint density at radius 3 is 2.55 bits per heavy atom. The Labute approximate surface area is 141 Å². The summed E-state index contributed by atoms with van der Waals surface area (Å²) in [5.41, 5.74) is 2.01. The van der Waals surface area contributed by atoms with Gasteiger partial charge in [0.05, 0.1) is 17.2 Å². The first-order valence-electron chi connectivity index (χ1n) is 6.50. The van der Waals surface area contributed by atoms with E-state index in [-0.39, 0.29) is 18.1 Å². The summed E-state index contributed by atoms with van der Waals surface area (Å²) in [5.74, 6) is -0.262. The van der Waals surface area contributed by atoms with Crippen LogP contribution in [0.15, 0.2) is 42.5 Å². The number of nitrogens with one attached hydrogen (secondary N) is 2. The van der Waals surface area contributed by atoms with E-state index >= 15 is 0 Å². The number of anilines is 2. The van der Waals surface area contributed by atoms with Gasteiger partial charge >= 0.3 is 0 Å². The molecule has 2 aromatic rings. The van der Waals surface area contributed by atoms with E-state index in [0.29, 0.717) is 5.69 Å². The third kappa shape index (κ3) is 4.42. The van der Waals surface area contributed by atoms with Crippen LogP contribution in [-0.2, 0) is 4.79 Å². The molecule has 1 amide bonds. The van der Waals surface area contributed by atoms with E-state index in [1.54, 1.807) is 13.0 Å². The molecule has 0 bridgehead atoms. The van der Waals surface area contributed by atoms with Gasteiger partial charge in [-0.05, 0) is 59.3 Å². The highest BCUT2D eigenvalue weighted by atomic mass is 127. The zero-order valence-corrected chi connectivity index (χ0v) is 14.0. The maximum atomic E-state index is 11.9. The molecule has 0 spiro atoms. The first kappa shape index (κ1) is 16.2. The van der Waals surface area contributed by atoms with Gasteiger partial charge in [0, 0.05) is 21.4 Å². The molecule has 2 N–H and O–H groups in total. The standard InChI is InChI=1S/C15H14IN3O3/c1-10-2-7-13(19(21)22)8-14(10)18-15(20)9-17-12-5-3-11(16)4-6-12/h2-8,17H,9H2,1H3,(H,18,20). The van der Waals surface area contributed by atoms with E-state index in [4.69, 9.17) is 0 Å². The average Bonchev–Trinajstić information content (AvgIpc) is 2.48. The molecule has 22 heavy (non-hydrogen) atoms. The van der Waals surface area contributed by atoms with Gasteiger partial charge in [0.2, 0.25) is 5.91 Å². The molecule has 0 unspecified atom stereocenters. The summed E-state index contributed by atoms with van der Waals surface area (Å²) in [4.78, 5) is 22.2. The number of nitrogens with zero attached hydrogens (tertiary/aromatic N) is 1. The SMILES string of the molecule is Cc1ccc([N+](=O)[O-])cc1NC(=O)CNc1ccc(I)cc1. The fourth-order valence-corrected chi connectivity index (χ4v) is 2.16. The van der Waals surface area contributed by atoms with Gasteiger partial charge in [-0.15, -0.1) is 0 Å². The largest absolute Gasteiger partial charge is 0.376 e. The van der Waals surface area contributed by atoms with E-state index in [1.807, 2.05) is 24.3 Å². The smallest absolute Gasteiger partial charge is 0.271 e. The van der Waals surface area contributed by atoms with Crippen molar-refractivity contribution in [2.75, 3.05) is 17.2 Å². The number of hydrogen-bond donors (Lipinski definition) is 2. The van der Waals surface area contributed by atoms with E-state index in [0.717, 1.165) is 14.8 Å². The van der Waals surface area contributed by atoms with Crippen molar-refractivity contribution in [3.63, 3.8) is 0 Å².